The number of rotatable bonds is 6. The zero-order valence-corrected chi connectivity index (χ0v) is 13.9. The Bertz CT molecular complexity index is 533. The summed E-state index contributed by atoms with van der Waals surface area (Å²) in [6.45, 7) is 5.83. The van der Waals surface area contributed by atoms with Crippen LogP contribution in [-0.2, 0) is 6.42 Å². The number of likely N-dealkylation sites (N-methyl/N-ethyl adjacent to an activating group) is 1. The lowest BCUT2D eigenvalue weighted by Gasteiger charge is -2.24. The number of hydrogen-bond donors (Lipinski definition) is 2. The molecule has 0 radical (unpaired) electrons. The largest absolute Gasteiger partial charge is 0.356 e. The van der Waals surface area contributed by atoms with Crippen LogP contribution in [0.15, 0.2) is 23.2 Å². The molecule has 0 amide bonds. The van der Waals surface area contributed by atoms with Gasteiger partial charge in [-0.1, -0.05) is 13.0 Å². The van der Waals surface area contributed by atoms with E-state index in [-0.39, 0.29) is 0 Å². The van der Waals surface area contributed by atoms with Gasteiger partial charge < -0.3 is 10.6 Å². The van der Waals surface area contributed by atoms with Crippen LogP contribution >= 0.6 is 0 Å². The fourth-order valence-corrected chi connectivity index (χ4v) is 3.02. The van der Waals surface area contributed by atoms with Crippen molar-refractivity contribution in [3.63, 3.8) is 0 Å². The van der Waals surface area contributed by atoms with Gasteiger partial charge in [0.05, 0.1) is 0 Å². The average Bonchev–Trinajstić information content (AvgIpc) is 3.00. The third-order valence-corrected chi connectivity index (χ3v) is 4.34. The van der Waals surface area contributed by atoms with Gasteiger partial charge in [-0.2, -0.15) is 0 Å². The second-order valence-electron chi connectivity index (χ2n) is 5.79. The molecular weight excluding hydrogens is 298 g/mol. The first-order chi connectivity index (χ1) is 11.1. The Kier molecular flexibility index (Phi) is 6.77. The summed E-state index contributed by atoms with van der Waals surface area (Å²) in [5.41, 5.74) is 0.502. The maximum Gasteiger partial charge on any atom is 0.191 e. The third kappa shape index (κ3) is 5.16. The summed E-state index contributed by atoms with van der Waals surface area (Å²) in [6.07, 6.45) is 2.94. The molecule has 128 valence electrons. The van der Waals surface area contributed by atoms with Crippen LogP contribution in [0.3, 0.4) is 0 Å². The quantitative estimate of drug-likeness (QED) is 0.622. The molecule has 1 aliphatic heterocycles. The molecule has 0 bridgehead atoms. The van der Waals surface area contributed by atoms with Gasteiger partial charge in [-0.05, 0) is 44.0 Å². The van der Waals surface area contributed by atoms with E-state index in [4.69, 9.17) is 0 Å². The number of guanidine groups is 1. The molecule has 1 aromatic carbocycles. The molecule has 4 nitrogen and oxygen atoms in total. The van der Waals surface area contributed by atoms with Crippen molar-refractivity contribution < 1.29 is 8.78 Å². The number of hydrogen-bond acceptors (Lipinski definition) is 2. The van der Waals surface area contributed by atoms with Crippen molar-refractivity contribution >= 4 is 5.96 Å². The van der Waals surface area contributed by atoms with Crippen LogP contribution in [0.4, 0.5) is 8.78 Å². The average molecular weight is 324 g/mol. The molecule has 1 atom stereocenters. The van der Waals surface area contributed by atoms with Gasteiger partial charge in [0, 0.05) is 32.2 Å². The van der Waals surface area contributed by atoms with Gasteiger partial charge in [0.25, 0.3) is 0 Å². The molecule has 0 aliphatic carbocycles. The monoisotopic (exact) mass is 324 g/mol. The van der Waals surface area contributed by atoms with E-state index in [1.54, 1.807) is 7.05 Å². The van der Waals surface area contributed by atoms with Gasteiger partial charge in [-0.15, -0.1) is 0 Å². The van der Waals surface area contributed by atoms with Crippen molar-refractivity contribution in [2.24, 2.45) is 4.99 Å². The first-order valence-electron chi connectivity index (χ1n) is 8.26. The van der Waals surface area contributed by atoms with Crippen LogP contribution in [0.5, 0.6) is 0 Å². The number of likely N-dealkylation sites (tertiary alicyclic amines) is 1. The Morgan fingerprint density at radius 1 is 1.35 bits per heavy atom. The topological polar surface area (TPSA) is 39.7 Å². The van der Waals surface area contributed by atoms with Crippen molar-refractivity contribution in [1.82, 2.24) is 15.5 Å². The second kappa shape index (κ2) is 8.82. The lowest BCUT2D eigenvalue weighted by molar-refractivity contribution is 0.267. The number of nitrogens with zero attached hydrogens (tertiary/aromatic N) is 2. The number of halogens is 2. The van der Waals surface area contributed by atoms with Crippen LogP contribution in [0.1, 0.15) is 25.3 Å². The maximum absolute atomic E-state index is 13.6. The number of benzene rings is 1. The van der Waals surface area contributed by atoms with Crippen LogP contribution in [0.25, 0.3) is 0 Å². The summed E-state index contributed by atoms with van der Waals surface area (Å²) in [7, 11) is 1.72. The summed E-state index contributed by atoms with van der Waals surface area (Å²) < 4.78 is 26.4. The van der Waals surface area contributed by atoms with Gasteiger partial charge in [-0.25, -0.2) is 8.78 Å². The predicted molar refractivity (Wildman–Crippen MR) is 89.7 cm³/mol. The molecule has 1 aliphatic rings. The SMILES string of the molecule is CCN1CCCC1CNC(=NC)NCCc1ccc(F)cc1F. The highest BCUT2D eigenvalue weighted by Crippen LogP contribution is 2.15. The molecule has 1 unspecified atom stereocenters. The van der Waals surface area contributed by atoms with Gasteiger partial charge in [0.2, 0.25) is 0 Å². The highest BCUT2D eigenvalue weighted by molar-refractivity contribution is 5.79. The van der Waals surface area contributed by atoms with E-state index in [2.05, 4.69) is 27.4 Å². The van der Waals surface area contributed by atoms with Crippen molar-refractivity contribution in [3.8, 4) is 0 Å². The Hall–Kier alpha value is -1.69. The minimum atomic E-state index is -0.547. The molecule has 1 saturated heterocycles. The second-order valence-corrected chi connectivity index (χ2v) is 5.79. The van der Waals surface area contributed by atoms with E-state index in [0.717, 1.165) is 25.1 Å². The van der Waals surface area contributed by atoms with Crippen LogP contribution in [0.2, 0.25) is 0 Å². The molecule has 0 aromatic heterocycles. The minimum Gasteiger partial charge on any atom is -0.356 e. The lowest BCUT2D eigenvalue weighted by Crippen LogP contribution is -2.45. The summed E-state index contributed by atoms with van der Waals surface area (Å²) in [4.78, 5) is 6.66. The van der Waals surface area contributed by atoms with Gasteiger partial charge in [0.15, 0.2) is 5.96 Å². The van der Waals surface area contributed by atoms with Crippen LogP contribution in [-0.4, -0.2) is 50.1 Å². The molecule has 1 heterocycles. The zero-order chi connectivity index (χ0) is 16.7. The summed E-state index contributed by atoms with van der Waals surface area (Å²) >= 11 is 0. The van der Waals surface area contributed by atoms with Crippen molar-refractivity contribution in [2.45, 2.75) is 32.2 Å². The highest BCUT2D eigenvalue weighted by Gasteiger charge is 2.22. The molecule has 1 aromatic rings. The molecular formula is C17H26F2N4. The minimum absolute atomic E-state index is 0.483. The van der Waals surface area contributed by atoms with Gasteiger partial charge in [-0.3, -0.25) is 9.89 Å². The Morgan fingerprint density at radius 3 is 2.87 bits per heavy atom. The highest BCUT2D eigenvalue weighted by atomic mass is 19.1. The van der Waals surface area contributed by atoms with E-state index in [1.165, 1.54) is 31.5 Å². The predicted octanol–water partition coefficient (Wildman–Crippen LogP) is 2.16. The number of aliphatic imine (C=N–C) groups is 1. The van der Waals surface area contributed by atoms with E-state index >= 15 is 0 Å². The fourth-order valence-electron chi connectivity index (χ4n) is 3.02. The smallest absolute Gasteiger partial charge is 0.191 e. The van der Waals surface area contributed by atoms with Gasteiger partial charge in [0.1, 0.15) is 11.6 Å². The molecule has 6 heteroatoms. The fraction of sp³-hybridized carbons (Fsp3) is 0.588. The Balaban J connectivity index is 1.74. The van der Waals surface area contributed by atoms with E-state index in [9.17, 15) is 8.78 Å². The van der Waals surface area contributed by atoms with Crippen molar-refractivity contribution in [1.29, 1.82) is 0 Å². The molecule has 23 heavy (non-hydrogen) atoms. The standard InChI is InChI=1S/C17H26F2N4/c1-3-23-10-4-5-15(23)12-22-17(20-2)21-9-8-13-6-7-14(18)11-16(13)19/h6-7,11,15H,3-5,8-10,12H2,1-2H3,(H2,20,21,22). The van der Waals surface area contributed by atoms with Crippen molar-refractivity contribution in [3.05, 3.63) is 35.4 Å². The first kappa shape index (κ1) is 17.7. The molecule has 2 rings (SSSR count). The van der Waals surface area contributed by atoms with E-state index in [1.807, 2.05) is 0 Å². The first-order valence-corrected chi connectivity index (χ1v) is 8.26. The Labute approximate surface area is 137 Å². The van der Waals surface area contributed by atoms with E-state index < -0.39 is 11.6 Å². The molecule has 0 spiro atoms. The summed E-state index contributed by atoms with van der Waals surface area (Å²) in [5, 5.41) is 6.51. The zero-order valence-electron chi connectivity index (χ0n) is 13.9. The number of nitrogens with one attached hydrogen (secondary N) is 2. The van der Waals surface area contributed by atoms with E-state index in [0.29, 0.717) is 24.6 Å². The van der Waals surface area contributed by atoms with Crippen LogP contribution < -0.4 is 10.6 Å². The Morgan fingerprint density at radius 2 is 2.17 bits per heavy atom. The summed E-state index contributed by atoms with van der Waals surface area (Å²) in [6, 6.07) is 4.24. The van der Waals surface area contributed by atoms with Crippen molar-refractivity contribution in [2.75, 3.05) is 33.2 Å². The van der Waals surface area contributed by atoms with Crippen LogP contribution in [0, 0.1) is 11.6 Å². The maximum atomic E-state index is 13.6. The lowest BCUT2D eigenvalue weighted by atomic mass is 10.1. The summed E-state index contributed by atoms with van der Waals surface area (Å²) in [5.74, 6) is -0.330. The van der Waals surface area contributed by atoms with Gasteiger partial charge >= 0.3 is 0 Å². The molecule has 1 fully saturated rings. The molecule has 0 saturated carbocycles. The molecule has 2 N–H and O–H groups in total. The normalized spacial score (nSPS) is 19.1. The third-order valence-electron chi connectivity index (χ3n) is 4.34.